The van der Waals surface area contributed by atoms with Crippen LogP contribution in [0.25, 0.3) is 28.0 Å². The summed E-state index contributed by atoms with van der Waals surface area (Å²) in [5.74, 6) is -2.54. The van der Waals surface area contributed by atoms with E-state index in [-0.39, 0.29) is 11.5 Å². The minimum atomic E-state index is -1.10. The fourth-order valence-electron chi connectivity index (χ4n) is 3.22. The van der Waals surface area contributed by atoms with E-state index in [9.17, 15) is 18.3 Å². The molecule has 5 rings (SSSR count). The predicted octanol–water partition coefficient (Wildman–Crippen LogP) is 6.00. The Morgan fingerprint density at radius 2 is 1.67 bits per heavy atom. The summed E-state index contributed by atoms with van der Waals surface area (Å²) < 4.78 is 48.4. The van der Waals surface area contributed by atoms with Crippen molar-refractivity contribution in [1.29, 1.82) is 0 Å². The number of ether oxygens (including phenoxy) is 1. The topological polar surface area (TPSA) is 73.1 Å². The van der Waals surface area contributed by atoms with Crippen molar-refractivity contribution in [2.45, 2.75) is 0 Å². The van der Waals surface area contributed by atoms with Gasteiger partial charge in [-0.25, -0.2) is 22.8 Å². The van der Waals surface area contributed by atoms with Crippen molar-refractivity contribution >= 4 is 33.5 Å². The van der Waals surface area contributed by atoms with Gasteiger partial charge in [-0.3, -0.25) is 0 Å². The van der Waals surface area contributed by atoms with E-state index < -0.39 is 17.4 Å². The molecule has 6 nitrogen and oxygen atoms in total. The molecule has 0 aliphatic rings. The van der Waals surface area contributed by atoms with Crippen LogP contribution in [0, 0.1) is 21.0 Å². The van der Waals surface area contributed by atoms with Crippen LogP contribution >= 0.6 is 22.6 Å². The summed E-state index contributed by atoms with van der Waals surface area (Å²) in [4.78, 5) is 4.59. The number of aromatic hydroxyl groups is 1. The largest absolute Gasteiger partial charge is 0.503 e. The van der Waals surface area contributed by atoms with E-state index in [1.807, 2.05) is 22.6 Å². The van der Waals surface area contributed by atoms with Crippen LogP contribution in [-0.2, 0) is 0 Å². The zero-order chi connectivity index (χ0) is 23.1. The summed E-state index contributed by atoms with van der Waals surface area (Å²) >= 11 is 1.90. The molecule has 0 saturated heterocycles. The Morgan fingerprint density at radius 1 is 0.879 bits per heavy atom. The Balaban J connectivity index is 1.48. The molecule has 3 aromatic carbocycles. The van der Waals surface area contributed by atoms with Crippen molar-refractivity contribution in [3.8, 4) is 34.3 Å². The van der Waals surface area contributed by atoms with Gasteiger partial charge < -0.3 is 9.84 Å². The Morgan fingerprint density at radius 3 is 2.42 bits per heavy atom. The van der Waals surface area contributed by atoms with Crippen molar-refractivity contribution < 1.29 is 23.0 Å². The summed E-state index contributed by atoms with van der Waals surface area (Å²) in [5.41, 5.74) is 1.55. The summed E-state index contributed by atoms with van der Waals surface area (Å²) in [6, 6.07) is 15.3. The number of hydrogen-bond donors (Lipinski definition) is 1. The number of fused-ring (bicyclic) bond motifs is 1. The second-order valence-corrected chi connectivity index (χ2v) is 8.17. The van der Waals surface area contributed by atoms with Crippen LogP contribution in [0.2, 0.25) is 0 Å². The average Bonchev–Trinajstić information content (AvgIpc) is 3.30. The molecule has 0 unspecified atom stereocenters. The first kappa shape index (κ1) is 21.2. The number of aromatic nitrogens is 4. The Bertz CT molecular complexity index is 1500. The SMILES string of the molecule is Oc1c(F)cc(-n2cc(-c3ccc4c(Oc5ccc(F)c(I)c5)cccc4n3)nn2)cc1F. The quantitative estimate of drug-likeness (QED) is 0.273. The highest BCUT2D eigenvalue weighted by molar-refractivity contribution is 14.1. The van der Waals surface area contributed by atoms with E-state index in [1.54, 1.807) is 42.5 Å². The minimum Gasteiger partial charge on any atom is -0.503 e. The van der Waals surface area contributed by atoms with Crippen LogP contribution in [0.5, 0.6) is 17.2 Å². The molecule has 1 N–H and O–H groups in total. The van der Waals surface area contributed by atoms with Gasteiger partial charge in [-0.2, -0.15) is 0 Å². The smallest absolute Gasteiger partial charge is 0.187 e. The summed E-state index contributed by atoms with van der Waals surface area (Å²) in [7, 11) is 0. The number of halogens is 4. The van der Waals surface area contributed by atoms with Gasteiger partial charge >= 0.3 is 0 Å². The first-order valence-electron chi connectivity index (χ1n) is 9.53. The molecule has 2 heterocycles. The third-order valence-corrected chi connectivity index (χ3v) is 5.66. The highest BCUT2D eigenvalue weighted by Gasteiger charge is 2.14. The molecule has 2 aromatic heterocycles. The number of rotatable bonds is 4. The molecule has 0 bridgehead atoms. The molecule has 0 atom stereocenters. The van der Waals surface area contributed by atoms with Crippen molar-refractivity contribution in [2.24, 2.45) is 0 Å². The van der Waals surface area contributed by atoms with Gasteiger partial charge in [-0.15, -0.1) is 5.10 Å². The maximum absolute atomic E-state index is 13.7. The second kappa shape index (κ2) is 8.35. The lowest BCUT2D eigenvalue weighted by Gasteiger charge is -2.10. The average molecular weight is 560 g/mol. The summed E-state index contributed by atoms with van der Waals surface area (Å²) in [5, 5.41) is 17.9. The van der Waals surface area contributed by atoms with Crippen LogP contribution in [0.4, 0.5) is 13.2 Å². The van der Waals surface area contributed by atoms with E-state index in [0.717, 1.165) is 17.5 Å². The number of nitrogens with zero attached hydrogens (tertiary/aromatic N) is 4. The van der Waals surface area contributed by atoms with E-state index in [4.69, 9.17) is 4.74 Å². The van der Waals surface area contributed by atoms with Gasteiger partial charge in [0.2, 0.25) is 0 Å². The molecule has 0 aliphatic heterocycles. The van der Waals surface area contributed by atoms with Crippen LogP contribution in [-0.4, -0.2) is 25.1 Å². The molecule has 0 saturated carbocycles. The van der Waals surface area contributed by atoms with Crippen molar-refractivity contribution in [2.75, 3.05) is 0 Å². The molecule has 0 fully saturated rings. The van der Waals surface area contributed by atoms with Gasteiger partial charge in [0.15, 0.2) is 17.4 Å². The van der Waals surface area contributed by atoms with Gasteiger partial charge in [-0.1, -0.05) is 11.3 Å². The van der Waals surface area contributed by atoms with E-state index in [0.29, 0.717) is 32.0 Å². The monoisotopic (exact) mass is 560 g/mol. The molecule has 33 heavy (non-hydrogen) atoms. The lowest BCUT2D eigenvalue weighted by Crippen LogP contribution is -1.97. The Labute approximate surface area is 198 Å². The molecular formula is C23H12F3IN4O2. The van der Waals surface area contributed by atoms with Crippen molar-refractivity contribution in [1.82, 2.24) is 20.0 Å². The van der Waals surface area contributed by atoms with Crippen LogP contribution in [0.15, 0.2) is 66.9 Å². The molecular weight excluding hydrogens is 548 g/mol. The fourth-order valence-corrected chi connectivity index (χ4v) is 3.70. The van der Waals surface area contributed by atoms with Crippen molar-refractivity contribution in [3.63, 3.8) is 0 Å². The van der Waals surface area contributed by atoms with E-state index >= 15 is 0 Å². The van der Waals surface area contributed by atoms with Crippen LogP contribution in [0.3, 0.4) is 0 Å². The summed E-state index contributed by atoms with van der Waals surface area (Å²) in [6.07, 6.45) is 1.47. The van der Waals surface area contributed by atoms with Gasteiger partial charge in [0.25, 0.3) is 0 Å². The highest BCUT2D eigenvalue weighted by Crippen LogP contribution is 2.32. The number of benzene rings is 3. The number of hydrogen-bond acceptors (Lipinski definition) is 5. The molecule has 0 aliphatic carbocycles. The van der Waals surface area contributed by atoms with E-state index in [1.165, 1.54) is 16.9 Å². The molecule has 0 spiro atoms. The highest BCUT2D eigenvalue weighted by atomic mass is 127. The van der Waals surface area contributed by atoms with Crippen LogP contribution in [0.1, 0.15) is 0 Å². The normalized spacial score (nSPS) is 11.2. The maximum Gasteiger partial charge on any atom is 0.187 e. The number of pyridine rings is 1. The third-order valence-electron chi connectivity index (χ3n) is 4.83. The Hall–Kier alpha value is -3.67. The van der Waals surface area contributed by atoms with Gasteiger partial charge in [0.05, 0.1) is 26.7 Å². The number of phenols is 1. The molecule has 164 valence electrons. The van der Waals surface area contributed by atoms with E-state index in [2.05, 4.69) is 15.3 Å². The molecule has 5 aromatic rings. The minimum absolute atomic E-state index is 0.0620. The van der Waals surface area contributed by atoms with Gasteiger partial charge in [0, 0.05) is 17.5 Å². The lowest BCUT2D eigenvalue weighted by molar-refractivity contribution is 0.395. The zero-order valence-corrected chi connectivity index (χ0v) is 18.7. The standard InChI is InChI=1S/C23H12F3IN4O2/c24-15-6-4-13(10-18(15)27)33-22-3-1-2-19-14(22)5-7-20(28-19)21-11-31(30-29-21)12-8-16(25)23(32)17(26)9-12/h1-11,32H. The fraction of sp³-hybridized carbons (Fsp3) is 0. The van der Waals surface area contributed by atoms with Gasteiger partial charge in [-0.05, 0) is 65.1 Å². The molecule has 0 amide bonds. The lowest BCUT2D eigenvalue weighted by atomic mass is 10.1. The van der Waals surface area contributed by atoms with Gasteiger partial charge in [0.1, 0.15) is 23.0 Å². The number of phenolic OH excluding ortho intramolecular Hbond substituents is 1. The molecule has 0 radical (unpaired) electrons. The van der Waals surface area contributed by atoms with Crippen molar-refractivity contribution in [3.05, 3.63) is 87.9 Å². The third kappa shape index (κ3) is 4.09. The molecule has 10 heteroatoms. The second-order valence-electron chi connectivity index (χ2n) is 7.00. The Kier molecular flexibility index (Phi) is 5.36. The maximum atomic E-state index is 13.7. The van der Waals surface area contributed by atoms with Crippen LogP contribution < -0.4 is 4.74 Å². The first-order valence-corrected chi connectivity index (χ1v) is 10.6. The summed E-state index contributed by atoms with van der Waals surface area (Å²) in [6.45, 7) is 0. The predicted molar refractivity (Wildman–Crippen MR) is 123 cm³/mol. The first-order chi connectivity index (χ1) is 15.9. The zero-order valence-electron chi connectivity index (χ0n) is 16.5.